The molecule has 0 aliphatic carbocycles. The first kappa shape index (κ1) is 16.9. The Morgan fingerprint density at radius 1 is 1.06 bits per heavy atom. The summed E-state index contributed by atoms with van der Waals surface area (Å²) in [4.78, 5) is 20.6. The molecule has 0 aliphatic heterocycles. The molecule has 0 atom stereocenters. The van der Waals surface area contributed by atoms with Crippen molar-refractivity contribution >= 4 is 12.4 Å². The largest absolute Gasteiger partial charge is 0.481 e. The molecule has 0 saturated carbocycles. The number of aliphatic carboxylic acids is 1. The summed E-state index contributed by atoms with van der Waals surface area (Å²) in [6.07, 6.45) is 0.189. The number of rotatable bonds is 10. The van der Waals surface area contributed by atoms with Crippen LogP contribution in [0.25, 0.3) is 0 Å². The van der Waals surface area contributed by atoms with Crippen molar-refractivity contribution in [2.45, 2.75) is 6.42 Å². The topological polar surface area (TPSA) is 63.6 Å². The molecular weight excluding hydrogens is 236 g/mol. The lowest BCUT2D eigenvalue weighted by atomic mass is 10.3. The standard InChI is InChI=1S/C12H25N2O4/c1-13(2,6-5-12(16)17)7-8-14(3,4)9-10-18-11-15/h11H,5-10H2,1-4H3/q+1/p+1. The summed E-state index contributed by atoms with van der Waals surface area (Å²) in [5.41, 5.74) is 0. The van der Waals surface area contributed by atoms with Crippen LogP contribution >= 0.6 is 0 Å². The molecule has 0 saturated heterocycles. The molecule has 0 rings (SSSR count). The Balaban J connectivity index is 4.03. The third-order valence-electron chi connectivity index (χ3n) is 3.12. The van der Waals surface area contributed by atoms with Crippen LogP contribution in [0.5, 0.6) is 0 Å². The molecule has 0 aromatic heterocycles. The van der Waals surface area contributed by atoms with E-state index in [1.54, 1.807) is 0 Å². The van der Waals surface area contributed by atoms with Gasteiger partial charge in [0, 0.05) is 0 Å². The number of likely N-dealkylation sites (N-methyl/N-ethyl adjacent to an activating group) is 2. The molecule has 0 aromatic carbocycles. The molecule has 0 fully saturated rings. The number of quaternary nitrogens is 2. The van der Waals surface area contributed by atoms with Crippen molar-refractivity contribution in [2.24, 2.45) is 0 Å². The molecule has 1 N–H and O–H groups in total. The molecule has 0 amide bonds. The zero-order valence-electron chi connectivity index (χ0n) is 11.9. The van der Waals surface area contributed by atoms with Gasteiger partial charge < -0.3 is 18.8 Å². The Labute approximate surface area is 109 Å². The molecule has 106 valence electrons. The van der Waals surface area contributed by atoms with E-state index in [1.807, 2.05) is 14.1 Å². The van der Waals surface area contributed by atoms with Crippen LogP contribution in [0.15, 0.2) is 0 Å². The van der Waals surface area contributed by atoms with Gasteiger partial charge in [0.1, 0.15) is 26.2 Å². The SMILES string of the molecule is C[N+](C)(CCOC=O)CC[N+](C)(C)CCC(=O)O. The Bertz CT molecular complexity index is 277. The minimum absolute atomic E-state index is 0.189. The molecule has 18 heavy (non-hydrogen) atoms. The first-order chi connectivity index (χ1) is 8.18. The molecular formula is C12H26N2O4+2. The number of carbonyl (C=O) groups is 2. The second-order valence-electron chi connectivity index (χ2n) is 5.88. The Hall–Kier alpha value is -1.14. The van der Waals surface area contributed by atoms with Gasteiger partial charge in [-0.25, -0.2) is 0 Å². The summed E-state index contributed by atoms with van der Waals surface area (Å²) in [6.45, 7) is 4.07. The lowest BCUT2D eigenvalue weighted by Gasteiger charge is -2.35. The summed E-state index contributed by atoms with van der Waals surface area (Å²) in [7, 11) is 8.21. The molecule has 0 heterocycles. The van der Waals surface area contributed by atoms with Crippen LogP contribution in [0.4, 0.5) is 0 Å². The highest BCUT2D eigenvalue weighted by molar-refractivity contribution is 5.66. The fraction of sp³-hybridized carbons (Fsp3) is 0.833. The summed E-state index contributed by atoms with van der Waals surface area (Å²) in [5.74, 6) is -0.755. The van der Waals surface area contributed by atoms with Gasteiger partial charge >= 0.3 is 5.97 Å². The normalized spacial score (nSPS) is 12.2. The van der Waals surface area contributed by atoms with Crippen LogP contribution < -0.4 is 0 Å². The lowest BCUT2D eigenvalue weighted by Crippen LogP contribution is -2.52. The second kappa shape index (κ2) is 7.33. The van der Waals surface area contributed by atoms with Crippen LogP contribution in [0.1, 0.15) is 6.42 Å². The van der Waals surface area contributed by atoms with E-state index in [1.165, 1.54) is 0 Å². The summed E-state index contributed by atoms with van der Waals surface area (Å²) in [5, 5.41) is 8.68. The van der Waals surface area contributed by atoms with E-state index >= 15 is 0 Å². The fourth-order valence-electron chi connectivity index (χ4n) is 1.51. The predicted octanol–water partition coefficient (Wildman–Crippen LogP) is -0.213. The molecule has 0 unspecified atom stereocenters. The van der Waals surface area contributed by atoms with Crippen molar-refractivity contribution in [3.05, 3.63) is 0 Å². The van der Waals surface area contributed by atoms with Gasteiger partial charge in [-0.1, -0.05) is 0 Å². The summed E-state index contributed by atoms with van der Waals surface area (Å²) >= 11 is 0. The highest BCUT2D eigenvalue weighted by Gasteiger charge is 2.23. The van der Waals surface area contributed by atoms with E-state index < -0.39 is 5.97 Å². The smallest absolute Gasteiger partial charge is 0.309 e. The first-order valence-electron chi connectivity index (χ1n) is 6.10. The van der Waals surface area contributed by atoms with Crippen molar-refractivity contribution < 1.29 is 28.4 Å². The van der Waals surface area contributed by atoms with Gasteiger partial charge in [0.15, 0.2) is 0 Å². The van der Waals surface area contributed by atoms with Crippen molar-refractivity contribution in [1.82, 2.24) is 0 Å². The van der Waals surface area contributed by atoms with Gasteiger partial charge in [-0.2, -0.15) is 0 Å². The summed E-state index contributed by atoms with van der Waals surface area (Å²) in [6, 6.07) is 0. The van der Waals surface area contributed by atoms with Gasteiger partial charge in [-0.15, -0.1) is 0 Å². The van der Waals surface area contributed by atoms with Crippen molar-refractivity contribution in [1.29, 1.82) is 0 Å². The number of carbonyl (C=O) groups excluding carboxylic acids is 1. The van der Waals surface area contributed by atoms with Crippen LogP contribution in [-0.4, -0.2) is 87.5 Å². The molecule has 0 spiro atoms. The maximum Gasteiger partial charge on any atom is 0.309 e. The minimum atomic E-state index is -0.755. The Kier molecular flexibility index (Phi) is 6.86. The van der Waals surface area contributed by atoms with Crippen molar-refractivity contribution in [3.8, 4) is 0 Å². The quantitative estimate of drug-likeness (QED) is 0.336. The van der Waals surface area contributed by atoms with Gasteiger partial charge in [0.2, 0.25) is 0 Å². The van der Waals surface area contributed by atoms with Gasteiger partial charge in [0.25, 0.3) is 6.47 Å². The minimum Gasteiger partial charge on any atom is -0.481 e. The van der Waals surface area contributed by atoms with E-state index in [-0.39, 0.29) is 6.42 Å². The predicted molar refractivity (Wildman–Crippen MR) is 68.0 cm³/mol. The Morgan fingerprint density at radius 2 is 1.56 bits per heavy atom. The second-order valence-corrected chi connectivity index (χ2v) is 5.88. The van der Waals surface area contributed by atoms with Crippen molar-refractivity contribution in [2.75, 3.05) is 61.0 Å². The molecule has 6 heteroatoms. The fourth-order valence-corrected chi connectivity index (χ4v) is 1.51. The van der Waals surface area contributed by atoms with E-state index in [4.69, 9.17) is 9.84 Å². The molecule has 0 bridgehead atoms. The molecule has 6 nitrogen and oxygen atoms in total. The Morgan fingerprint density at radius 3 is 2.00 bits per heavy atom. The van der Waals surface area contributed by atoms with Gasteiger partial charge in [-0.05, 0) is 0 Å². The van der Waals surface area contributed by atoms with E-state index in [0.717, 1.165) is 24.1 Å². The number of ether oxygens (including phenoxy) is 1. The van der Waals surface area contributed by atoms with Crippen molar-refractivity contribution in [3.63, 3.8) is 0 Å². The lowest BCUT2D eigenvalue weighted by molar-refractivity contribution is -0.945. The first-order valence-corrected chi connectivity index (χ1v) is 6.10. The average molecular weight is 262 g/mol. The van der Waals surface area contributed by atoms with Crippen LogP contribution in [0, 0.1) is 0 Å². The molecule has 0 radical (unpaired) electrons. The summed E-state index contributed by atoms with van der Waals surface area (Å²) < 4.78 is 6.14. The highest BCUT2D eigenvalue weighted by Crippen LogP contribution is 2.04. The maximum absolute atomic E-state index is 10.6. The molecule has 0 aliphatic rings. The maximum atomic E-state index is 10.6. The number of hydrogen-bond acceptors (Lipinski definition) is 3. The van der Waals surface area contributed by atoms with E-state index in [9.17, 15) is 9.59 Å². The van der Waals surface area contributed by atoms with Crippen LogP contribution in [0.2, 0.25) is 0 Å². The highest BCUT2D eigenvalue weighted by atomic mass is 16.5. The number of carboxylic acids is 1. The zero-order valence-corrected chi connectivity index (χ0v) is 11.9. The van der Waals surface area contributed by atoms with Crippen LogP contribution in [0.3, 0.4) is 0 Å². The van der Waals surface area contributed by atoms with Crippen LogP contribution in [-0.2, 0) is 14.3 Å². The monoisotopic (exact) mass is 262 g/mol. The average Bonchev–Trinajstić information content (AvgIpc) is 2.25. The third-order valence-corrected chi connectivity index (χ3v) is 3.12. The van der Waals surface area contributed by atoms with Gasteiger partial charge in [0.05, 0.1) is 41.2 Å². The third kappa shape index (κ3) is 8.95. The van der Waals surface area contributed by atoms with E-state index in [2.05, 4.69) is 14.1 Å². The van der Waals surface area contributed by atoms with E-state index in [0.29, 0.717) is 24.1 Å². The number of carboxylic acid groups (broad SMARTS) is 1. The molecule has 0 aromatic rings. The number of hydrogen-bond donors (Lipinski definition) is 1. The number of nitrogens with zero attached hydrogens (tertiary/aromatic N) is 2. The van der Waals surface area contributed by atoms with Gasteiger partial charge in [-0.3, -0.25) is 9.59 Å². The zero-order chi connectivity index (χ0) is 14.2.